The molecule has 0 atom stereocenters. The molecule has 4 amide bonds. The Morgan fingerprint density at radius 1 is 1.18 bits per heavy atom. The number of rotatable bonds is 10. The van der Waals surface area contributed by atoms with Crippen LogP contribution in [-0.4, -0.2) is 58.9 Å². The van der Waals surface area contributed by atoms with Gasteiger partial charge in [0.05, 0.1) is 12.3 Å². The number of imide groups is 1. The van der Waals surface area contributed by atoms with Gasteiger partial charge in [-0.3, -0.25) is 19.4 Å². The summed E-state index contributed by atoms with van der Waals surface area (Å²) in [5.41, 5.74) is -0.268. The first-order chi connectivity index (χ1) is 15.8. The van der Waals surface area contributed by atoms with Gasteiger partial charge in [-0.2, -0.15) is 0 Å². The van der Waals surface area contributed by atoms with E-state index in [0.717, 1.165) is 49.9 Å². The summed E-state index contributed by atoms with van der Waals surface area (Å²) in [5.74, 6) is -0.885. The number of carbonyl (C=O) groups is 4. The van der Waals surface area contributed by atoms with Gasteiger partial charge in [-0.1, -0.05) is 50.4 Å². The third kappa shape index (κ3) is 5.54. The average molecular weight is 479 g/mol. The summed E-state index contributed by atoms with van der Waals surface area (Å²) in [6, 6.07) is -0.415. The normalized spacial score (nSPS) is 17.4. The maximum atomic E-state index is 13.2. The topological polar surface area (TPSA) is 109 Å². The lowest BCUT2D eigenvalue weighted by Gasteiger charge is -2.30. The fourth-order valence-corrected chi connectivity index (χ4v) is 5.45. The van der Waals surface area contributed by atoms with Crippen LogP contribution in [0.25, 0.3) is 0 Å². The first kappa shape index (κ1) is 25.1. The van der Waals surface area contributed by atoms with Gasteiger partial charge in [-0.25, -0.2) is 14.6 Å². The van der Waals surface area contributed by atoms with Crippen LogP contribution in [-0.2, 0) is 14.3 Å². The molecule has 1 spiro atoms. The summed E-state index contributed by atoms with van der Waals surface area (Å²) in [6.45, 7) is 6.30. The Balaban J connectivity index is 1.71. The molecule has 0 unspecified atom stereocenters. The lowest BCUT2D eigenvalue weighted by atomic mass is 9.82. The van der Waals surface area contributed by atoms with Crippen LogP contribution in [0.4, 0.5) is 9.93 Å². The molecule has 2 aliphatic rings. The Kier molecular flexibility index (Phi) is 8.45. The van der Waals surface area contributed by atoms with Crippen molar-refractivity contribution in [1.82, 2.24) is 15.2 Å². The zero-order chi connectivity index (χ0) is 24.0. The van der Waals surface area contributed by atoms with Crippen molar-refractivity contribution in [2.24, 2.45) is 0 Å². The van der Waals surface area contributed by atoms with Crippen LogP contribution in [0.15, 0.2) is 0 Å². The minimum absolute atomic E-state index is 0.00866. The molecular weight excluding hydrogens is 444 g/mol. The largest absolute Gasteiger partial charge is 0.462 e. The lowest BCUT2D eigenvalue weighted by Crippen LogP contribution is -2.48. The van der Waals surface area contributed by atoms with E-state index in [0.29, 0.717) is 35.1 Å². The van der Waals surface area contributed by atoms with Crippen molar-refractivity contribution in [2.75, 3.05) is 24.6 Å². The Morgan fingerprint density at radius 2 is 1.91 bits per heavy atom. The zero-order valence-corrected chi connectivity index (χ0v) is 20.6. The van der Waals surface area contributed by atoms with Gasteiger partial charge in [0.15, 0.2) is 5.13 Å². The van der Waals surface area contributed by atoms with Gasteiger partial charge in [0, 0.05) is 19.5 Å². The minimum atomic E-state index is -0.792. The van der Waals surface area contributed by atoms with Crippen LogP contribution in [0, 0.1) is 6.92 Å². The summed E-state index contributed by atoms with van der Waals surface area (Å²) >= 11 is 1.14. The summed E-state index contributed by atoms with van der Waals surface area (Å²) in [5, 5.41) is 3.32. The van der Waals surface area contributed by atoms with Crippen LogP contribution in [0.1, 0.15) is 87.0 Å². The Hall–Kier alpha value is -2.49. The third-order valence-corrected chi connectivity index (χ3v) is 7.43. The van der Waals surface area contributed by atoms with E-state index in [1.807, 2.05) is 0 Å². The molecule has 2 fully saturated rings. The van der Waals surface area contributed by atoms with Crippen molar-refractivity contribution in [3.63, 3.8) is 0 Å². The third-order valence-electron chi connectivity index (χ3n) is 6.27. The zero-order valence-electron chi connectivity index (χ0n) is 19.8. The van der Waals surface area contributed by atoms with Crippen molar-refractivity contribution in [2.45, 2.75) is 84.1 Å². The number of thiazole rings is 1. The summed E-state index contributed by atoms with van der Waals surface area (Å²) in [7, 11) is 0. The van der Waals surface area contributed by atoms with Crippen LogP contribution in [0.3, 0.4) is 0 Å². The number of nitrogens with one attached hydrogen (secondary N) is 1. The van der Waals surface area contributed by atoms with Gasteiger partial charge in [0.1, 0.15) is 10.4 Å². The number of amides is 4. The van der Waals surface area contributed by atoms with Gasteiger partial charge >= 0.3 is 12.0 Å². The summed E-state index contributed by atoms with van der Waals surface area (Å²) in [6.07, 6.45) is 6.95. The highest BCUT2D eigenvalue weighted by Gasteiger charge is 2.51. The van der Waals surface area contributed by atoms with E-state index >= 15 is 0 Å². The number of hydrogen-bond donors (Lipinski definition) is 1. The predicted octanol–water partition coefficient (Wildman–Crippen LogP) is 3.80. The van der Waals surface area contributed by atoms with Gasteiger partial charge in [0.25, 0.3) is 5.91 Å². The van der Waals surface area contributed by atoms with Gasteiger partial charge in [-0.15, -0.1) is 0 Å². The quantitative estimate of drug-likeness (QED) is 0.311. The molecule has 0 bridgehead atoms. The molecule has 1 saturated carbocycles. The molecule has 1 aliphatic heterocycles. The van der Waals surface area contributed by atoms with E-state index in [-0.39, 0.29) is 31.4 Å². The molecule has 3 rings (SSSR count). The van der Waals surface area contributed by atoms with Crippen LogP contribution >= 0.6 is 11.3 Å². The Bertz CT molecular complexity index is 893. The van der Waals surface area contributed by atoms with Crippen LogP contribution in [0.5, 0.6) is 0 Å². The molecule has 0 radical (unpaired) electrons. The number of aryl methyl sites for hydroxylation is 1. The molecule has 1 aromatic heterocycles. The van der Waals surface area contributed by atoms with Crippen molar-refractivity contribution < 1.29 is 23.9 Å². The molecule has 1 saturated heterocycles. The van der Waals surface area contributed by atoms with E-state index < -0.39 is 17.5 Å². The van der Waals surface area contributed by atoms with Gasteiger partial charge < -0.3 is 10.1 Å². The molecular formula is C23H34N4O5S. The van der Waals surface area contributed by atoms with Crippen LogP contribution < -0.4 is 10.2 Å². The molecule has 0 aromatic carbocycles. The highest BCUT2D eigenvalue weighted by atomic mass is 32.1. The SMILES string of the molecule is CCCCCN(C(=O)CCN1C(=O)NC2(CCCCC2)C1=O)c1nc(C)c(C(=O)OCC)s1. The molecule has 9 nitrogen and oxygen atoms in total. The van der Waals surface area contributed by atoms with Crippen molar-refractivity contribution in [1.29, 1.82) is 0 Å². The van der Waals surface area contributed by atoms with Crippen molar-refractivity contribution in [3.8, 4) is 0 Å². The van der Waals surface area contributed by atoms with E-state index in [1.165, 1.54) is 4.90 Å². The summed E-state index contributed by atoms with van der Waals surface area (Å²) < 4.78 is 5.09. The number of esters is 1. The number of hydrogen-bond acceptors (Lipinski definition) is 7. The van der Waals surface area contributed by atoms with Gasteiger partial charge in [-0.05, 0) is 33.1 Å². The van der Waals surface area contributed by atoms with E-state index in [1.54, 1.807) is 18.7 Å². The smallest absolute Gasteiger partial charge is 0.350 e. The Morgan fingerprint density at radius 3 is 2.58 bits per heavy atom. The molecule has 33 heavy (non-hydrogen) atoms. The number of ether oxygens (including phenoxy) is 1. The van der Waals surface area contributed by atoms with Crippen molar-refractivity contribution >= 4 is 40.3 Å². The summed E-state index contributed by atoms with van der Waals surface area (Å²) in [4.78, 5) is 58.5. The fourth-order valence-electron chi connectivity index (χ4n) is 4.45. The minimum Gasteiger partial charge on any atom is -0.462 e. The number of unbranched alkanes of at least 4 members (excludes halogenated alkanes) is 2. The molecule has 182 valence electrons. The standard InChI is InChI=1S/C23H34N4O5S/c1-4-6-10-14-26(22-24-16(3)18(33-22)19(29)32-5-2)17(28)11-15-27-20(30)23(25-21(27)31)12-8-7-9-13-23/h4-15H2,1-3H3,(H,25,31). The fraction of sp³-hybridized carbons (Fsp3) is 0.696. The highest BCUT2D eigenvalue weighted by Crippen LogP contribution is 2.34. The number of nitrogens with zero attached hydrogens (tertiary/aromatic N) is 3. The van der Waals surface area contributed by atoms with E-state index in [9.17, 15) is 19.2 Å². The second kappa shape index (κ2) is 11.1. The second-order valence-corrected chi connectivity index (χ2v) is 9.64. The van der Waals surface area contributed by atoms with E-state index in [4.69, 9.17) is 4.74 Å². The van der Waals surface area contributed by atoms with E-state index in [2.05, 4.69) is 17.2 Å². The molecule has 10 heteroatoms. The average Bonchev–Trinajstić information content (AvgIpc) is 3.27. The maximum absolute atomic E-state index is 13.2. The molecule has 1 N–H and O–H groups in total. The maximum Gasteiger partial charge on any atom is 0.350 e. The number of anilines is 1. The second-order valence-electron chi connectivity index (χ2n) is 8.66. The van der Waals surface area contributed by atoms with Gasteiger partial charge in [0.2, 0.25) is 5.91 Å². The molecule has 2 heterocycles. The number of carbonyl (C=O) groups excluding carboxylic acids is 4. The predicted molar refractivity (Wildman–Crippen MR) is 125 cm³/mol. The molecule has 1 aliphatic carbocycles. The monoisotopic (exact) mass is 478 g/mol. The Labute approximate surface area is 198 Å². The lowest BCUT2D eigenvalue weighted by molar-refractivity contribution is -0.132. The van der Waals surface area contributed by atoms with Crippen LogP contribution in [0.2, 0.25) is 0 Å². The number of aromatic nitrogens is 1. The first-order valence-corrected chi connectivity index (χ1v) is 12.7. The first-order valence-electron chi connectivity index (χ1n) is 11.9. The number of urea groups is 1. The van der Waals surface area contributed by atoms with Crippen molar-refractivity contribution in [3.05, 3.63) is 10.6 Å². The molecule has 1 aromatic rings. The highest BCUT2D eigenvalue weighted by molar-refractivity contribution is 7.17.